The largest absolute Gasteiger partial charge is 0.369 e. The predicted octanol–water partition coefficient (Wildman–Crippen LogP) is -0.244. The predicted molar refractivity (Wildman–Crippen MR) is 61.6 cm³/mol. The molecule has 1 aliphatic rings. The number of hydrogen-bond acceptors (Lipinski definition) is 3. The minimum Gasteiger partial charge on any atom is -0.369 e. The molecule has 5 nitrogen and oxygen atoms in total. The highest BCUT2D eigenvalue weighted by Gasteiger charge is 2.24. The van der Waals surface area contributed by atoms with Gasteiger partial charge in [0.2, 0.25) is 11.8 Å². The number of nitrogens with one attached hydrogen (secondary N) is 2. The van der Waals surface area contributed by atoms with E-state index in [-0.39, 0.29) is 17.7 Å². The van der Waals surface area contributed by atoms with Crippen molar-refractivity contribution < 1.29 is 9.59 Å². The summed E-state index contributed by atoms with van der Waals surface area (Å²) in [5.41, 5.74) is 5.25. The SMILES string of the molecule is CCNC(=O)CNC1CCC(C(N)=O)CC1. The van der Waals surface area contributed by atoms with E-state index >= 15 is 0 Å². The molecule has 92 valence electrons. The molecule has 16 heavy (non-hydrogen) atoms. The van der Waals surface area contributed by atoms with Gasteiger partial charge < -0.3 is 16.4 Å². The van der Waals surface area contributed by atoms with E-state index in [9.17, 15) is 9.59 Å². The van der Waals surface area contributed by atoms with Crippen LogP contribution in [-0.2, 0) is 9.59 Å². The molecule has 0 saturated heterocycles. The summed E-state index contributed by atoms with van der Waals surface area (Å²) < 4.78 is 0. The third-order valence-corrected chi connectivity index (χ3v) is 3.05. The summed E-state index contributed by atoms with van der Waals surface area (Å²) in [7, 11) is 0. The monoisotopic (exact) mass is 227 g/mol. The lowest BCUT2D eigenvalue weighted by atomic mass is 9.85. The molecule has 5 heteroatoms. The molecular formula is C11H21N3O2. The third kappa shape index (κ3) is 4.18. The van der Waals surface area contributed by atoms with E-state index in [0.29, 0.717) is 19.1 Å². The number of rotatable bonds is 5. The van der Waals surface area contributed by atoms with Gasteiger partial charge in [0.1, 0.15) is 0 Å². The lowest BCUT2D eigenvalue weighted by Gasteiger charge is -2.27. The Labute approximate surface area is 96.1 Å². The molecule has 1 fully saturated rings. The summed E-state index contributed by atoms with van der Waals surface area (Å²) in [6.07, 6.45) is 3.52. The quantitative estimate of drug-likeness (QED) is 0.606. The van der Waals surface area contributed by atoms with Crippen molar-refractivity contribution in [3.8, 4) is 0 Å². The van der Waals surface area contributed by atoms with E-state index in [1.165, 1.54) is 0 Å². The number of amides is 2. The second-order valence-corrected chi connectivity index (χ2v) is 4.29. The molecule has 4 N–H and O–H groups in total. The lowest BCUT2D eigenvalue weighted by molar-refractivity contribution is -0.123. The smallest absolute Gasteiger partial charge is 0.233 e. The van der Waals surface area contributed by atoms with Crippen LogP contribution in [-0.4, -0.2) is 30.9 Å². The molecule has 0 atom stereocenters. The molecular weight excluding hydrogens is 206 g/mol. The first kappa shape index (κ1) is 13.0. The van der Waals surface area contributed by atoms with E-state index in [0.717, 1.165) is 25.7 Å². The Kier molecular flexibility index (Phi) is 5.25. The Morgan fingerprint density at radius 1 is 1.25 bits per heavy atom. The molecule has 0 aromatic heterocycles. The number of primary amides is 1. The highest BCUT2D eigenvalue weighted by Crippen LogP contribution is 2.23. The van der Waals surface area contributed by atoms with Gasteiger partial charge >= 0.3 is 0 Å². The van der Waals surface area contributed by atoms with Crippen molar-refractivity contribution >= 4 is 11.8 Å². The summed E-state index contributed by atoms with van der Waals surface area (Å²) in [6.45, 7) is 2.92. The van der Waals surface area contributed by atoms with Gasteiger partial charge in [0, 0.05) is 18.5 Å². The normalized spacial score (nSPS) is 25.1. The van der Waals surface area contributed by atoms with Gasteiger partial charge in [0.25, 0.3) is 0 Å². The first-order chi connectivity index (χ1) is 7.63. The van der Waals surface area contributed by atoms with Crippen LogP contribution < -0.4 is 16.4 Å². The van der Waals surface area contributed by atoms with Crippen LogP contribution in [0.4, 0.5) is 0 Å². The maximum Gasteiger partial charge on any atom is 0.233 e. The van der Waals surface area contributed by atoms with Crippen molar-refractivity contribution in [3.63, 3.8) is 0 Å². The maximum atomic E-state index is 11.2. The number of hydrogen-bond donors (Lipinski definition) is 3. The zero-order chi connectivity index (χ0) is 12.0. The van der Waals surface area contributed by atoms with Crippen LogP contribution in [0.3, 0.4) is 0 Å². The summed E-state index contributed by atoms with van der Waals surface area (Å²) in [5.74, 6) is -0.135. The van der Waals surface area contributed by atoms with Crippen molar-refractivity contribution in [2.75, 3.05) is 13.1 Å². The van der Waals surface area contributed by atoms with Crippen LogP contribution in [0.15, 0.2) is 0 Å². The molecule has 0 heterocycles. The Morgan fingerprint density at radius 3 is 2.38 bits per heavy atom. The minimum absolute atomic E-state index is 0.0273. The fourth-order valence-electron chi connectivity index (χ4n) is 2.08. The van der Waals surface area contributed by atoms with Crippen molar-refractivity contribution in [1.29, 1.82) is 0 Å². The summed E-state index contributed by atoms with van der Waals surface area (Å²) in [4.78, 5) is 22.2. The number of likely N-dealkylation sites (N-methyl/N-ethyl adjacent to an activating group) is 1. The average molecular weight is 227 g/mol. The van der Waals surface area contributed by atoms with Crippen molar-refractivity contribution in [2.45, 2.75) is 38.6 Å². The molecule has 1 saturated carbocycles. The molecule has 0 aromatic carbocycles. The van der Waals surface area contributed by atoms with Gasteiger partial charge in [-0.05, 0) is 32.6 Å². The summed E-state index contributed by atoms with van der Waals surface area (Å²) >= 11 is 0. The van der Waals surface area contributed by atoms with Crippen LogP contribution >= 0.6 is 0 Å². The van der Waals surface area contributed by atoms with E-state index < -0.39 is 0 Å². The van der Waals surface area contributed by atoms with Crippen LogP contribution in [0.25, 0.3) is 0 Å². The molecule has 1 aliphatic carbocycles. The molecule has 0 aromatic rings. The van der Waals surface area contributed by atoms with Crippen LogP contribution in [0.2, 0.25) is 0 Å². The highest BCUT2D eigenvalue weighted by atomic mass is 16.2. The van der Waals surface area contributed by atoms with E-state index in [2.05, 4.69) is 10.6 Å². The standard InChI is InChI=1S/C11H21N3O2/c1-2-13-10(15)7-14-9-5-3-8(4-6-9)11(12)16/h8-9,14H,2-7H2,1H3,(H2,12,16)(H,13,15). The molecule has 0 bridgehead atoms. The number of carbonyl (C=O) groups excluding carboxylic acids is 2. The maximum absolute atomic E-state index is 11.2. The van der Waals surface area contributed by atoms with E-state index in [1.807, 2.05) is 6.92 Å². The zero-order valence-electron chi connectivity index (χ0n) is 9.79. The summed E-state index contributed by atoms with van der Waals surface area (Å²) in [6, 6.07) is 0.346. The molecule has 1 rings (SSSR count). The fourth-order valence-corrected chi connectivity index (χ4v) is 2.08. The van der Waals surface area contributed by atoms with E-state index in [4.69, 9.17) is 5.73 Å². The van der Waals surface area contributed by atoms with E-state index in [1.54, 1.807) is 0 Å². The zero-order valence-corrected chi connectivity index (χ0v) is 9.79. The number of carbonyl (C=O) groups is 2. The average Bonchev–Trinajstić information content (AvgIpc) is 2.27. The van der Waals surface area contributed by atoms with Gasteiger partial charge in [-0.2, -0.15) is 0 Å². The van der Waals surface area contributed by atoms with Gasteiger partial charge in [-0.1, -0.05) is 0 Å². The molecule has 0 unspecified atom stereocenters. The highest BCUT2D eigenvalue weighted by molar-refractivity contribution is 5.78. The van der Waals surface area contributed by atoms with Gasteiger partial charge in [0.05, 0.1) is 6.54 Å². The topological polar surface area (TPSA) is 84.2 Å². The molecule has 2 amide bonds. The Bertz CT molecular complexity index is 248. The fraction of sp³-hybridized carbons (Fsp3) is 0.818. The van der Waals surface area contributed by atoms with Crippen molar-refractivity contribution in [3.05, 3.63) is 0 Å². The molecule has 0 aliphatic heterocycles. The Balaban J connectivity index is 2.17. The van der Waals surface area contributed by atoms with Crippen LogP contribution in [0, 0.1) is 5.92 Å². The Hall–Kier alpha value is -1.10. The molecule has 0 radical (unpaired) electrons. The Morgan fingerprint density at radius 2 is 1.88 bits per heavy atom. The number of nitrogens with two attached hydrogens (primary N) is 1. The third-order valence-electron chi connectivity index (χ3n) is 3.05. The second-order valence-electron chi connectivity index (χ2n) is 4.29. The van der Waals surface area contributed by atoms with Gasteiger partial charge in [-0.25, -0.2) is 0 Å². The van der Waals surface area contributed by atoms with Crippen LogP contribution in [0.5, 0.6) is 0 Å². The van der Waals surface area contributed by atoms with Crippen molar-refractivity contribution in [1.82, 2.24) is 10.6 Å². The first-order valence-electron chi connectivity index (χ1n) is 5.93. The minimum atomic E-state index is -0.192. The second kappa shape index (κ2) is 6.48. The van der Waals surface area contributed by atoms with Crippen LogP contribution in [0.1, 0.15) is 32.6 Å². The van der Waals surface area contributed by atoms with Gasteiger partial charge in [0.15, 0.2) is 0 Å². The lowest BCUT2D eigenvalue weighted by Crippen LogP contribution is -2.41. The van der Waals surface area contributed by atoms with Gasteiger partial charge in [-0.15, -0.1) is 0 Å². The molecule has 0 spiro atoms. The summed E-state index contributed by atoms with van der Waals surface area (Å²) in [5, 5.41) is 5.94. The first-order valence-corrected chi connectivity index (χ1v) is 5.93. The van der Waals surface area contributed by atoms with Crippen molar-refractivity contribution in [2.24, 2.45) is 11.7 Å². The van der Waals surface area contributed by atoms with Gasteiger partial charge in [-0.3, -0.25) is 9.59 Å².